The zero-order chi connectivity index (χ0) is 19.2. The van der Waals surface area contributed by atoms with Crippen LogP contribution in [0.15, 0.2) is 43.2 Å². The number of carbonyl (C=O) groups is 1. The summed E-state index contributed by atoms with van der Waals surface area (Å²) in [6.45, 7) is 7.29. The van der Waals surface area contributed by atoms with Crippen LogP contribution in [-0.4, -0.2) is 56.1 Å². The van der Waals surface area contributed by atoms with Crippen molar-refractivity contribution in [1.82, 2.24) is 15.3 Å². The highest BCUT2D eigenvalue weighted by Crippen LogP contribution is 2.30. The molecular formula is C19H25N7O. The largest absolute Gasteiger partial charge is 0.369 e. The van der Waals surface area contributed by atoms with Crippen LogP contribution in [0.5, 0.6) is 0 Å². The lowest BCUT2D eigenvalue weighted by atomic mass is 10.2. The smallest absolute Gasteiger partial charge is 0.247 e. The summed E-state index contributed by atoms with van der Waals surface area (Å²) in [7, 11) is 3.84. The molecule has 0 saturated carbocycles. The Bertz CT molecular complexity index is 815. The predicted molar refractivity (Wildman–Crippen MR) is 110 cm³/mol. The quantitative estimate of drug-likeness (QED) is 0.672. The highest BCUT2D eigenvalue weighted by atomic mass is 16.1. The SMILES string of the molecule is C=CC(=O)Nc1cc(N2CCNCC2)ccc1Nc1cc(N(C)C)ncn1. The van der Waals surface area contributed by atoms with E-state index >= 15 is 0 Å². The van der Waals surface area contributed by atoms with Crippen molar-refractivity contribution >= 4 is 34.6 Å². The van der Waals surface area contributed by atoms with Crippen LogP contribution < -0.4 is 25.8 Å². The van der Waals surface area contributed by atoms with Crippen LogP contribution in [0.1, 0.15) is 0 Å². The summed E-state index contributed by atoms with van der Waals surface area (Å²) in [5.41, 5.74) is 2.51. The number of benzene rings is 1. The lowest BCUT2D eigenvalue weighted by Gasteiger charge is -2.30. The van der Waals surface area contributed by atoms with E-state index in [0.717, 1.165) is 43.4 Å². The molecule has 1 amide bonds. The minimum absolute atomic E-state index is 0.257. The van der Waals surface area contributed by atoms with E-state index < -0.39 is 0 Å². The summed E-state index contributed by atoms with van der Waals surface area (Å²) in [5.74, 6) is 1.19. The summed E-state index contributed by atoms with van der Waals surface area (Å²) >= 11 is 0. The number of hydrogen-bond donors (Lipinski definition) is 3. The minimum atomic E-state index is -0.257. The molecular weight excluding hydrogens is 342 g/mol. The van der Waals surface area contributed by atoms with Crippen molar-refractivity contribution in [1.29, 1.82) is 0 Å². The van der Waals surface area contributed by atoms with Crippen molar-refractivity contribution in [3.8, 4) is 0 Å². The van der Waals surface area contributed by atoms with Gasteiger partial charge >= 0.3 is 0 Å². The molecule has 27 heavy (non-hydrogen) atoms. The van der Waals surface area contributed by atoms with E-state index in [0.29, 0.717) is 11.5 Å². The van der Waals surface area contributed by atoms with Crippen LogP contribution in [-0.2, 0) is 4.79 Å². The number of rotatable bonds is 6. The first-order chi connectivity index (χ1) is 13.1. The topological polar surface area (TPSA) is 85.4 Å². The number of aromatic nitrogens is 2. The standard InChI is InChI=1S/C19H25N7O/c1-4-19(27)24-16-11-14(26-9-7-20-8-10-26)5-6-15(16)23-17-12-18(25(2)3)22-13-21-17/h4-6,11-13,20H,1,7-10H2,2-3H3,(H,24,27)(H,21,22,23). The maximum atomic E-state index is 11.9. The zero-order valence-corrected chi connectivity index (χ0v) is 15.7. The average molecular weight is 367 g/mol. The monoisotopic (exact) mass is 367 g/mol. The molecule has 8 nitrogen and oxygen atoms in total. The van der Waals surface area contributed by atoms with E-state index in [2.05, 4.69) is 37.4 Å². The number of amides is 1. The van der Waals surface area contributed by atoms with Gasteiger partial charge in [-0.2, -0.15) is 0 Å². The van der Waals surface area contributed by atoms with Gasteiger partial charge in [-0.05, 0) is 24.3 Å². The van der Waals surface area contributed by atoms with E-state index in [1.165, 1.54) is 12.4 Å². The first-order valence-corrected chi connectivity index (χ1v) is 8.86. The number of anilines is 5. The van der Waals surface area contributed by atoms with Gasteiger partial charge in [-0.15, -0.1) is 0 Å². The fraction of sp³-hybridized carbons (Fsp3) is 0.316. The fourth-order valence-corrected chi connectivity index (χ4v) is 2.85. The number of piperazine rings is 1. The molecule has 0 bridgehead atoms. The first-order valence-electron chi connectivity index (χ1n) is 8.86. The van der Waals surface area contributed by atoms with Crippen molar-refractivity contribution < 1.29 is 4.79 Å². The van der Waals surface area contributed by atoms with Crippen LogP contribution in [0, 0.1) is 0 Å². The second-order valence-electron chi connectivity index (χ2n) is 6.44. The number of nitrogens with zero attached hydrogens (tertiary/aromatic N) is 4. The Balaban J connectivity index is 1.89. The Kier molecular flexibility index (Phi) is 5.87. The van der Waals surface area contributed by atoms with Crippen molar-refractivity contribution in [2.45, 2.75) is 0 Å². The molecule has 0 radical (unpaired) electrons. The summed E-state index contributed by atoms with van der Waals surface area (Å²) in [4.78, 5) is 24.6. The summed E-state index contributed by atoms with van der Waals surface area (Å²) in [6.07, 6.45) is 2.77. The third kappa shape index (κ3) is 4.73. The molecule has 1 aromatic carbocycles. The molecule has 0 aliphatic carbocycles. The predicted octanol–water partition coefficient (Wildman–Crippen LogP) is 1.82. The van der Waals surface area contributed by atoms with E-state index in [1.807, 2.05) is 43.3 Å². The zero-order valence-electron chi connectivity index (χ0n) is 15.7. The number of carbonyl (C=O) groups excluding carboxylic acids is 1. The summed E-state index contributed by atoms with van der Waals surface area (Å²) in [5, 5.41) is 9.50. The van der Waals surface area contributed by atoms with E-state index in [-0.39, 0.29) is 5.91 Å². The van der Waals surface area contributed by atoms with Crippen molar-refractivity contribution in [2.24, 2.45) is 0 Å². The van der Waals surface area contributed by atoms with Gasteiger partial charge in [0.15, 0.2) is 0 Å². The van der Waals surface area contributed by atoms with Crippen LogP contribution in [0.25, 0.3) is 0 Å². The maximum absolute atomic E-state index is 11.9. The molecule has 2 heterocycles. The molecule has 3 rings (SSSR count). The van der Waals surface area contributed by atoms with Crippen molar-refractivity contribution in [3.05, 3.63) is 43.2 Å². The van der Waals surface area contributed by atoms with Gasteiger partial charge in [0.1, 0.15) is 18.0 Å². The Hall–Kier alpha value is -3.13. The Labute approximate surface area is 159 Å². The number of hydrogen-bond acceptors (Lipinski definition) is 7. The number of nitrogens with one attached hydrogen (secondary N) is 3. The molecule has 0 atom stereocenters. The fourth-order valence-electron chi connectivity index (χ4n) is 2.85. The molecule has 1 saturated heterocycles. The van der Waals surface area contributed by atoms with Gasteiger partial charge in [-0.3, -0.25) is 4.79 Å². The maximum Gasteiger partial charge on any atom is 0.247 e. The highest BCUT2D eigenvalue weighted by molar-refractivity contribution is 6.02. The van der Waals surface area contributed by atoms with Crippen LogP contribution >= 0.6 is 0 Å². The summed E-state index contributed by atoms with van der Waals surface area (Å²) < 4.78 is 0. The highest BCUT2D eigenvalue weighted by Gasteiger charge is 2.14. The van der Waals surface area contributed by atoms with Gasteiger partial charge in [0.2, 0.25) is 5.91 Å². The molecule has 3 N–H and O–H groups in total. The third-order valence-electron chi connectivity index (χ3n) is 4.30. The van der Waals surface area contributed by atoms with Gasteiger partial charge in [0.25, 0.3) is 0 Å². The lowest BCUT2D eigenvalue weighted by molar-refractivity contribution is -0.111. The Morgan fingerprint density at radius 3 is 2.70 bits per heavy atom. The minimum Gasteiger partial charge on any atom is -0.369 e. The average Bonchev–Trinajstić information content (AvgIpc) is 2.70. The first kappa shape index (κ1) is 18.7. The van der Waals surface area contributed by atoms with Crippen LogP contribution in [0.2, 0.25) is 0 Å². The molecule has 2 aromatic rings. The molecule has 1 aliphatic rings. The van der Waals surface area contributed by atoms with E-state index in [1.54, 1.807) is 0 Å². The molecule has 1 aromatic heterocycles. The molecule has 1 fully saturated rings. The van der Waals surface area contributed by atoms with E-state index in [4.69, 9.17) is 0 Å². The van der Waals surface area contributed by atoms with Gasteiger partial charge in [-0.25, -0.2) is 9.97 Å². The van der Waals surface area contributed by atoms with Crippen molar-refractivity contribution in [3.63, 3.8) is 0 Å². The second-order valence-corrected chi connectivity index (χ2v) is 6.44. The van der Waals surface area contributed by atoms with Gasteiger partial charge < -0.3 is 25.8 Å². The van der Waals surface area contributed by atoms with Gasteiger partial charge in [0, 0.05) is 52.0 Å². The van der Waals surface area contributed by atoms with Crippen LogP contribution in [0.3, 0.4) is 0 Å². The van der Waals surface area contributed by atoms with Gasteiger partial charge in [-0.1, -0.05) is 6.58 Å². The molecule has 8 heteroatoms. The van der Waals surface area contributed by atoms with Crippen LogP contribution in [0.4, 0.5) is 28.7 Å². The molecule has 0 unspecified atom stereocenters. The lowest BCUT2D eigenvalue weighted by Crippen LogP contribution is -2.43. The Morgan fingerprint density at radius 1 is 1.22 bits per heavy atom. The Morgan fingerprint density at radius 2 is 2.00 bits per heavy atom. The third-order valence-corrected chi connectivity index (χ3v) is 4.30. The van der Waals surface area contributed by atoms with Crippen molar-refractivity contribution in [2.75, 3.05) is 60.7 Å². The van der Waals surface area contributed by atoms with Gasteiger partial charge in [0.05, 0.1) is 11.4 Å². The molecule has 0 spiro atoms. The normalized spacial score (nSPS) is 13.8. The molecule has 142 valence electrons. The van der Waals surface area contributed by atoms with E-state index in [9.17, 15) is 4.79 Å². The summed E-state index contributed by atoms with van der Waals surface area (Å²) in [6, 6.07) is 7.82. The second kappa shape index (κ2) is 8.50. The molecule has 1 aliphatic heterocycles.